The minimum atomic E-state index is -1.93. The zero-order valence-corrected chi connectivity index (χ0v) is 5.15. The van der Waals surface area contributed by atoms with E-state index in [-0.39, 0.29) is 6.61 Å². The van der Waals surface area contributed by atoms with Crippen LogP contribution in [0.3, 0.4) is 0 Å². The lowest BCUT2D eigenvalue weighted by molar-refractivity contribution is 0.289. The summed E-state index contributed by atoms with van der Waals surface area (Å²) in [4.78, 5) is 0. The third-order valence-corrected chi connectivity index (χ3v) is 1.01. The highest BCUT2D eigenvalue weighted by atomic mass is 32.2. The molecule has 5 heteroatoms. The van der Waals surface area contributed by atoms with Crippen LogP contribution in [0.1, 0.15) is 6.42 Å². The normalized spacial score (nSPS) is 13.8. The molecule has 0 radical (unpaired) electrons. The van der Waals surface area contributed by atoms with Crippen LogP contribution < -0.4 is 4.72 Å². The highest BCUT2D eigenvalue weighted by Crippen LogP contribution is 1.71. The first-order valence-electron chi connectivity index (χ1n) is 2.22. The van der Waals surface area contributed by atoms with Crippen molar-refractivity contribution < 1.29 is 13.9 Å². The van der Waals surface area contributed by atoms with Crippen LogP contribution in [0, 0.1) is 0 Å². The van der Waals surface area contributed by atoms with E-state index >= 15 is 0 Å². The van der Waals surface area contributed by atoms with Crippen molar-refractivity contribution >= 4 is 11.3 Å². The summed E-state index contributed by atoms with van der Waals surface area (Å²) in [7, 11) is 0. The van der Waals surface area contributed by atoms with Gasteiger partial charge < -0.3 is 5.11 Å². The summed E-state index contributed by atoms with van der Waals surface area (Å²) in [6, 6.07) is 0. The van der Waals surface area contributed by atoms with Gasteiger partial charge in [-0.15, -0.1) is 0 Å². The van der Waals surface area contributed by atoms with Gasteiger partial charge in [-0.25, -0.2) is 8.93 Å². The van der Waals surface area contributed by atoms with Gasteiger partial charge in [0, 0.05) is 13.2 Å². The predicted molar refractivity (Wildman–Crippen MR) is 30.5 cm³/mol. The van der Waals surface area contributed by atoms with Crippen molar-refractivity contribution in [1.29, 1.82) is 0 Å². The third kappa shape index (κ3) is 6.03. The van der Waals surface area contributed by atoms with Crippen molar-refractivity contribution in [3.63, 3.8) is 0 Å². The standard InChI is InChI=1S/C3H9NO3S/c5-3-1-2-4-8(6)7/h4-5H,1-3H2,(H,6,7). The lowest BCUT2D eigenvalue weighted by Gasteiger charge is -1.93. The van der Waals surface area contributed by atoms with Gasteiger partial charge in [0.2, 0.25) is 11.3 Å². The molecule has 0 amide bonds. The van der Waals surface area contributed by atoms with Crippen LogP contribution in [0.15, 0.2) is 0 Å². The second kappa shape index (κ2) is 5.17. The fraction of sp³-hybridized carbons (Fsp3) is 1.00. The van der Waals surface area contributed by atoms with Gasteiger partial charge in [-0.2, -0.15) is 0 Å². The van der Waals surface area contributed by atoms with E-state index in [0.717, 1.165) is 0 Å². The Bertz CT molecular complexity index is 76.9. The molecule has 0 aromatic heterocycles. The van der Waals surface area contributed by atoms with Crippen LogP contribution in [-0.2, 0) is 11.3 Å². The van der Waals surface area contributed by atoms with Crippen LogP contribution in [0.5, 0.6) is 0 Å². The molecule has 1 unspecified atom stereocenters. The van der Waals surface area contributed by atoms with Crippen LogP contribution in [0.4, 0.5) is 0 Å². The largest absolute Gasteiger partial charge is 0.396 e. The van der Waals surface area contributed by atoms with E-state index in [0.29, 0.717) is 13.0 Å². The molecule has 0 aromatic rings. The topological polar surface area (TPSA) is 69.6 Å². The molecule has 0 spiro atoms. The van der Waals surface area contributed by atoms with Gasteiger partial charge in [0.05, 0.1) is 0 Å². The number of aliphatic hydroxyl groups excluding tert-OH is 1. The molecule has 0 saturated heterocycles. The molecule has 3 N–H and O–H groups in total. The minimum Gasteiger partial charge on any atom is -0.396 e. The number of rotatable bonds is 4. The molecule has 0 aliphatic rings. The van der Waals surface area contributed by atoms with Gasteiger partial charge >= 0.3 is 0 Å². The predicted octanol–water partition coefficient (Wildman–Crippen LogP) is -0.905. The molecule has 8 heavy (non-hydrogen) atoms. The van der Waals surface area contributed by atoms with E-state index in [9.17, 15) is 4.21 Å². The first-order valence-corrected chi connectivity index (χ1v) is 3.33. The number of aliphatic hydroxyl groups is 1. The van der Waals surface area contributed by atoms with Gasteiger partial charge in [-0.05, 0) is 6.42 Å². The second-order valence-corrected chi connectivity index (χ2v) is 2.01. The summed E-state index contributed by atoms with van der Waals surface area (Å²) in [6.07, 6.45) is 0.506. The van der Waals surface area contributed by atoms with Crippen molar-refractivity contribution in [1.82, 2.24) is 4.72 Å². The Kier molecular flexibility index (Phi) is 5.19. The average Bonchev–Trinajstić information content (AvgIpc) is 1.66. The van der Waals surface area contributed by atoms with Crippen LogP contribution in [-0.4, -0.2) is 27.0 Å². The lowest BCUT2D eigenvalue weighted by atomic mass is 10.5. The molecule has 0 aromatic carbocycles. The third-order valence-electron chi connectivity index (χ3n) is 0.560. The minimum absolute atomic E-state index is 0.0458. The maximum absolute atomic E-state index is 9.79. The van der Waals surface area contributed by atoms with Gasteiger partial charge in [-0.1, -0.05) is 0 Å². The van der Waals surface area contributed by atoms with Crippen molar-refractivity contribution in [3.8, 4) is 0 Å². The highest BCUT2D eigenvalue weighted by molar-refractivity contribution is 7.77. The smallest absolute Gasteiger partial charge is 0.231 e. The zero-order valence-electron chi connectivity index (χ0n) is 4.33. The quantitative estimate of drug-likeness (QED) is 0.349. The van der Waals surface area contributed by atoms with Crippen LogP contribution >= 0.6 is 0 Å². The van der Waals surface area contributed by atoms with Crippen molar-refractivity contribution in [2.75, 3.05) is 13.2 Å². The van der Waals surface area contributed by atoms with Gasteiger partial charge in [0.1, 0.15) is 0 Å². The second-order valence-electron chi connectivity index (χ2n) is 1.22. The molecule has 4 nitrogen and oxygen atoms in total. The van der Waals surface area contributed by atoms with E-state index < -0.39 is 11.3 Å². The molecular weight excluding hydrogens is 130 g/mol. The molecule has 0 heterocycles. The summed E-state index contributed by atoms with van der Waals surface area (Å²) >= 11 is -1.93. The fourth-order valence-corrected chi connectivity index (χ4v) is 0.557. The molecule has 0 saturated carbocycles. The number of hydrogen-bond donors (Lipinski definition) is 3. The molecule has 0 aliphatic carbocycles. The van der Waals surface area contributed by atoms with Crippen molar-refractivity contribution in [3.05, 3.63) is 0 Å². The SMILES string of the molecule is O=S(O)NCCCO. The van der Waals surface area contributed by atoms with Gasteiger partial charge in [0.25, 0.3) is 0 Å². The first-order chi connectivity index (χ1) is 3.77. The molecular formula is C3H9NO3S. The molecule has 1 atom stereocenters. The van der Waals surface area contributed by atoms with Crippen LogP contribution in [0.2, 0.25) is 0 Å². The summed E-state index contributed by atoms with van der Waals surface area (Å²) in [5, 5.41) is 8.16. The lowest BCUT2D eigenvalue weighted by Crippen LogP contribution is -2.17. The Balaban J connectivity index is 2.82. The molecule has 0 rings (SSSR count). The van der Waals surface area contributed by atoms with Crippen molar-refractivity contribution in [2.24, 2.45) is 0 Å². The Morgan fingerprint density at radius 2 is 2.25 bits per heavy atom. The zero-order chi connectivity index (χ0) is 6.41. The monoisotopic (exact) mass is 139 g/mol. The van der Waals surface area contributed by atoms with E-state index in [2.05, 4.69) is 4.72 Å². The summed E-state index contributed by atoms with van der Waals surface area (Å²) in [6.45, 7) is 0.420. The fourth-order valence-electron chi connectivity index (χ4n) is 0.239. The van der Waals surface area contributed by atoms with E-state index in [1.807, 2.05) is 0 Å². The Hall–Kier alpha value is 0.0300. The Morgan fingerprint density at radius 1 is 1.62 bits per heavy atom. The average molecular weight is 139 g/mol. The van der Waals surface area contributed by atoms with Crippen LogP contribution in [0.25, 0.3) is 0 Å². The maximum Gasteiger partial charge on any atom is 0.231 e. The summed E-state index contributed by atoms with van der Waals surface area (Å²) in [5.74, 6) is 0. The molecule has 0 fully saturated rings. The van der Waals surface area contributed by atoms with Gasteiger partial charge in [-0.3, -0.25) is 4.55 Å². The summed E-state index contributed by atoms with van der Waals surface area (Å²) < 4.78 is 20.1. The molecule has 0 aliphatic heterocycles. The highest BCUT2D eigenvalue weighted by Gasteiger charge is 1.87. The number of hydrogen-bond acceptors (Lipinski definition) is 2. The summed E-state index contributed by atoms with van der Waals surface area (Å²) in [5.41, 5.74) is 0. The maximum atomic E-state index is 9.79. The van der Waals surface area contributed by atoms with E-state index in [1.165, 1.54) is 0 Å². The Morgan fingerprint density at radius 3 is 2.62 bits per heavy atom. The molecule has 0 bridgehead atoms. The molecule has 50 valence electrons. The van der Waals surface area contributed by atoms with Crippen molar-refractivity contribution in [2.45, 2.75) is 6.42 Å². The van der Waals surface area contributed by atoms with Gasteiger partial charge in [0.15, 0.2) is 0 Å². The number of nitrogens with one attached hydrogen (secondary N) is 1. The Labute approximate surface area is 50.3 Å². The first kappa shape index (κ1) is 8.03. The van der Waals surface area contributed by atoms with E-state index in [1.54, 1.807) is 0 Å². The van der Waals surface area contributed by atoms with E-state index in [4.69, 9.17) is 9.66 Å².